The van der Waals surface area contributed by atoms with E-state index in [-0.39, 0.29) is 75.9 Å². The number of ether oxygens (including phenoxy) is 2. The van der Waals surface area contributed by atoms with Crippen LogP contribution < -0.4 is 30.7 Å². The maximum absolute atomic E-state index is 16.2. The maximum Gasteiger partial charge on any atom is 0.329 e. The Labute approximate surface area is 374 Å². The van der Waals surface area contributed by atoms with E-state index in [1.807, 2.05) is 66.0 Å². The number of piperidine rings is 1. The molecule has 64 heavy (non-hydrogen) atoms. The van der Waals surface area contributed by atoms with Gasteiger partial charge in [-0.3, -0.25) is 29.3 Å². The molecule has 0 bridgehead atoms. The molecular weight excluding hydrogens is 844 g/mol. The average molecular weight is 894 g/mol. The predicted octanol–water partition coefficient (Wildman–Crippen LogP) is 7.67. The number of hydrogen-bond donors (Lipinski definition) is 3. The number of halogens is 3. The molecular formula is C48H50ClF2N7O6. The van der Waals surface area contributed by atoms with Gasteiger partial charge in [-0.25, -0.2) is 13.6 Å². The third kappa shape index (κ3) is 7.41. The van der Waals surface area contributed by atoms with Gasteiger partial charge in [0.05, 0.1) is 23.2 Å². The van der Waals surface area contributed by atoms with Crippen molar-refractivity contribution in [2.24, 2.45) is 18.7 Å². The van der Waals surface area contributed by atoms with Crippen LogP contribution in [0.25, 0.3) is 22.0 Å². The van der Waals surface area contributed by atoms with Gasteiger partial charge >= 0.3 is 6.03 Å². The molecule has 334 valence electrons. The Morgan fingerprint density at radius 3 is 2.41 bits per heavy atom. The molecule has 0 unspecified atom stereocenters. The fraction of sp³-hybridized carbons (Fsp3) is 0.396. The normalized spacial score (nSPS) is 22.6. The van der Waals surface area contributed by atoms with Gasteiger partial charge < -0.3 is 25.4 Å². The van der Waals surface area contributed by atoms with E-state index >= 15 is 8.78 Å². The summed E-state index contributed by atoms with van der Waals surface area (Å²) in [6, 6.07) is 19.1. The predicted molar refractivity (Wildman–Crippen MR) is 238 cm³/mol. The van der Waals surface area contributed by atoms with Gasteiger partial charge in [-0.2, -0.15) is 5.10 Å². The number of carbonyl (C=O) groups is 4. The highest BCUT2D eigenvalue weighted by Crippen LogP contribution is 2.56. The fourth-order valence-corrected chi connectivity index (χ4v) is 10.8. The Balaban J connectivity index is 0.878. The number of nitrogens with zero attached hydrogens (tertiary/aromatic N) is 4. The highest BCUT2D eigenvalue weighted by atomic mass is 35.5. The average Bonchev–Trinajstić information content (AvgIpc) is 3.79. The van der Waals surface area contributed by atoms with Crippen LogP contribution in [0.2, 0.25) is 5.02 Å². The molecule has 4 aliphatic rings. The van der Waals surface area contributed by atoms with Crippen LogP contribution in [0.5, 0.6) is 11.5 Å². The second kappa shape index (κ2) is 17.1. The second-order valence-corrected chi connectivity index (χ2v) is 17.8. The number of fused-ring (bicyclic) bond motifs is 2. The van der Waals surface area contributed by atoms with Crippen LogP contribution in [0, 0.1) is 17.6 Å². The molecule has 1 aliphatic carbocycles. The Morgan fingerprint density at radius 1 is 0.984 bits per heavy atom. The monoisotopic (exact) mass is 893 g/mol. The number of para-hydroxylation sites is 1. The van der Waals surface area contributed by atoms with Crippen molar-refractivity contribution < 1.29 is 37.4 Å². The van der Waals surface area contributed by atoms with Gasteiger partial charge in [-0.1, -0.05) is 61.0 Å². The van der Waals surface area contributed by atoms with Crippen LogP contribution in [-0.4, -0.2) is 77.8 Å². The van der Waals surface area contributed by atoms with Crippen molar-refractivity contribution >= 4 is 52.1 Å². The quantitative estimate of drug-likeness (QED) is 0.129. The summed E-state index contributed by atoms with van der Waals surface area (Å²) in [4.78, 5) is 54.7. The summed E-state index contributed by atoms with van der Waals surface area (Å²) in [5.74, 6) is -2.62. The molecule has 9 rings (SSSR count). The van der Waals surface area contributed by atoms with Crippen LogP contribution in [-0.2, 0) is 22.2 Å². The van der Waals surface area contributed by atoms with Crippen LogP contribution in [0.15, 0.2) is 66.7 Å². The highest BCUT2D eigenvalue weighted by molar-refractivity contribution is 6.34. The zero-order chi connectivity index (χ0) is 45.0. The van der Waals surface area contributed by atoms with E-state index in [2.05, 4.69) is 16.7 Å². The van der Waals surface area contributed by atoms with Crippen LogP contribution in [0.1, 0.15) is 90.8 Å². The first-order valence-corrected chi connectivity index (χ1v) is 22.2. The van der Waals surface area contributed by atoms with E-state index in [1.165, 1.54) is 30.2 Å². The SMILES string of the molecule is COc1ccc(C(N)=O)c(-c2c(Cl)c(F)cc3c2[C@H](C)[C@@](CNC2CCC(C(=O)N4CCC(c5cccc6c(N7CCC(=O)NC7=O)nn(C)c56)CC4)CC2)(c2ccccc2)O3)c1F. The Morgan fingerprint density at radius 2 is 1.72 bits per heavy atom. The molecule has 16 heteroatoms. The van der Waals surface area contributed by atoms with Crippen LogP contribution in [0.4, 0.5) is 19.4 Å². The number of amides is 5. The van der Waals surface area contributed by atoms with E-state index in [0.717, 1.165) is 47.7 Å². The van der Waals surface area contributed by atoms with Gasteiger partial charge in [0, 0.05) is 85.7 Å². The summed E-state index contributed by atoms with van der Waals surface area (Å²) in [5, 5.41) is 11.3. The molecule has 0 spiro atoms. The minimum atomic E-state index is -1.08. The molecule has 1 aromatic heterocycles. The molecule has 1 saturated carbocycles. The number of hydrogen-bond acceptors (Lipinski definition) is 8. The molecule has 2 atom stereocenters. The number of primary amides is 1. The van der Waals surface area contributed by atoms with Crippen molar-refractivity contribution in [2.45, 2.75) is 75.3 Å². The molecule has 3 aliphatic heterocycles. The number of likely N-dealkylation sites (tertiary alicyclic amines) is 1. The fourth-order valence-electron chi connectivity index (χ4n) is 10.5. The first-order chi connectivity index (χ1) is 30.8. The minimum Gasteiger partial charge on any atom is -0.494 e. The number of benzene rings is 4. The van der Waals surface area contributed by atoms with Gasteiger partial charge in [0.25, 0.3) is 0 Å². The number of carbonyl (C=O) groups excluding carboxylic acids is 4. The standard InChI is InChI=1S/C48H50ClF2N7O6/c1-26-38-36(24-34(50)41(49)40(38)39-32(44(52)60)16-17-35(63-3)42(39)51)64-48(26,29-8-5-4-6-9-29)25-53-30-14-12-28(13-15-30)46(61)57-21-18-27(19-22-57)31-10-7-11-33-43(31)56(2)55-45(33)58-23-20-37(59)54-47(58)62/h4-11,16-17,24,26-28,30,53H,12-15,18-23,25H2,1-3H3,(H2,52,60)(H,54,59,62)/t26-,28?,30?,48-/m0/s1. The second-order valence-electron chi connectivity index (χ2n) is 17.4. The van der Waals surface area contributed by atoms with Crippen molar-refractivity contribution in [2.75, 3.05) is 38.2 Å². The molecule has 4 heterocycles. The van der Waals surface area contributed by atoms with Crippen molar-refractivity contribution in [1.82, 2.24) is 25.3 Å². The Kier molecular flexibility index (Phi) is 11.6. The number of nitrogens with one attached hydrogen (secondary N) is 2. The first kappa shape index (κ1) is 43.2. The third-order valence-electron chi connectivity index (χ3n) is 13.9. The van der Waals surface area contributed by atoms with Crippen LogP contribution >= 0.6 is 11.6 Å². The minimum absolute atomic E-state index is 0.0126. The third-order valence-corrected chi connectivity index (χ3v) is 14.3. The lowest BCUT2D eigenvalue weighted by molar-refractivity contribution is -0.137. The largest absolute Gasteiger partial charge is 0.494 e. The summed E-state index contributed by atoms with van der Waals surface area (Å²) < 4.78 is 45.8. The van der Waals surface area contributed by atoms with E-state index in [4.69, 9.17) is 31.9 Å². The van der Waals surface area contributed by atoms with Gasteiger partial charge in [-0.15, -0.1) is 0 Å². The molecule has 4 aromatic carbocycles. The van der Waals surface area contributed by atoms with E-state index < -0.39 is 35.1 Å². The lowest BCUT2D eigenvalue weighted by Gasteiger charge is -2.38. The van der Waals surface area contributed by atoms with Crippen LogP contribution in [0.3, 0.4) is 0 Å². The molecule has 2 saturated heterocycles. The number of methoxy groups -OCH3 is 1. The number of urea groups is 1. The number of anilines is 1. The smallest absolute Gasteiger partial charge is 0.329 e. The number of imide groups is 1. The molecule has 5 amide bonds. The zero-order valence-electron chi connectivity index (χ0n) is 35.9. The van der Waals surface area contributed by atoms with E-state index in [9.17, 15) is 19.2 Å². The zero-order valence-corrected chi connectivity index (χ0v) is 36.6. The first-order valence-electron chi connectivity index (χ1n) is 21.8. The summed E-state index contributed by atoms with van der Waals surface area (Å²) in [5.41, 5.74) is 7.55. The lowest BCUT2D eigenvalue weighted by Crippen LogP contribution is -2.49. The summed E-state index contributed by atoms with van der Waals surface area (Å²) in [6.07, 6.45) is 4.77. The van der Waals surface area contributed by atoms with Gasteiger partial charge in [0.2, 0.25) is 17.7 Å². The van der Waals surface area contributed by atoms with Crippen molar-refractivity contribution in [1.29, 1.82) is 0 Å². The summed E-state index contributed by atoms with van der Waals surface area (Å²) >= 11 is 6.69. The van der Waals surface area contributed by atoms with Gasteiger partial charge in [-0.05, 0) is 73.8 Å². The lowest BCUT2D eigenvalue weighted by atomic mass is 9.77. The molecule has 4 N–H and O–H groups in total. The number of rotatable bonds is 10. The Hall–Kier alpha value is -6.06. The maximum atomic E-state index is 16.2. The summed E-state index contributed by atoms with van der Waals surface area (Å²) in [7, 11) is 3.16. The highest BCUT2D eigenvalue weighted by Gasteiger charge is 2.50. The van der Waals surface area contributed by atoms with Crippen molar-refractivity contribution in [3.8, 4) is 22.6 Å². The molecule has 3 fully saturated rings. The Bertz CT molecular complexity index is 2680. The van der Waals surface area contributed by atoms with Crippen molar-refractivity contribution in [3.05, 3.63) is 106 Å². The van der Waals surface area contributed by atoms with Crippen molar-refractivity contribution in [3.63, 3.8) is 0 Å². The van der Waals surface area contributed by atoms with Gasteiger partial charge in [0.1, 0.15) is 11.6 Å². The van der Waals surface area contributed by atoms with E-state index in [1.54, 1.807) is 0 Å². The summed E-state index contributed by atoms with van der Waals surface area (Å²) in [6.45, 7) is 3.78. The van der Waals surface area contributed by atoms with Gasteiger partial charge in [0.15, 0.2) is 23.0 Å². The molecule has 0 radical (unpaired) electrons. The number of aromatic nitrogens is 2. The van der Waals surface area contributed by atoms with E-state index in [0.29, 0.717) is 43.9 Å². The number of aryl methyl sites for hydroxylation is 1. The molecule has 5 aromatic rings. The molecule has 13 nitrogen and oxygen atoms in total. The number of nitrogens with two attached hydrogens (primary N) is 1. The topological polar surface area (TPSA) is 161 Å².